The van der Waals surface area contributed by atoms with Gasteiger partial charge in [0.1, 0.15) is 5.75 Å². The third-order valence-corrected chi connectivity index (χ3v) is 3.12. The Hall–Kier alpha value is -2.08. The summed E-state index contributed by atoms with van der Waals surface area (Å²) in [5.41, 5.74) is 0.849. The summed E-state index contributed by atoms with van der Waals surface area (Å²) >= 11 is 0. The van der Waals surface area contributed by atoms with Crippen molar-refractivity contribution in [3.8, 4) is 5.75 Å². The number of nitrogens with one attached hydrogen (secondary N) is 1. The molecule has 1 aromatic rings. The lowest BCUT2D eigenvalue weighted by molar-refractivity contribution is -0.180. The number of Topliss-reactive ketones (excluding diaryl/α,β-unsaturated/α-hetero) is 1. The van der Waals surface area contributed by atoms with Gasteiger partial charge in [0.15, 0.2) is 12.4 Å². The van der Waals surface area contributed by atoms with Crippen LogP contribution in [0.15, 0.2) is 18.2 Å². The lowest BCUT2D eigenvalue weighted by Crippen LogP contribution is -2.41. The highest BCUT2D eigenvalue weighted by Gasteiger charge is 2.27. The van der Waals surface area contributed by atoms with Crippen LogP contribution in [0.1, 0.15) is 50.5 Å². The van der Waals surface area contributed by atoms with Crippen molar-refractivity contribution in [2.75, 3.05) is 6.61 Å². The summed E-state index contributed by atoms with van der Waals surface area (Å²) in [7, 11) is 0. The molecule has 0 saturated heterocycles. The molecule has 0 radical (unpaired) electrons. The summed E-state index contributed by atoms with van der Waals surface area (Å²) in [6.07, 6.45) is -0.614. The highest BCUT2D eigenvalue weighted by molar-refractivity contribution is 5.98. The lowest BCUT2D eigenvalue weighted by atomic mass is 10.1. The monoisotopic (exact) mass is 321 g/mol. The van der Waals surface area contributed by atoms with E-state index in [-0.39, 0.29) is 12.4 Å². The molecule has 0 spiro atoms. The van der Waals surface area contributed by atoms with Gasteiger partial charge in [0.05, 0.1) is 6.61 Å². The number of benzene rings is 1. The number of carbonyl (C=O) groups excluding carboxylic acids is 2. The van der Waals surface area contributed by atoms with Crippen LogP contribution in [0.4, 0.5) is 4.79 Å². The average molecular weight is 321 g/mol. The zero-order valence-electron chi connectivity index (χ0n) is 14.2. The number of amides is 1. The van der Waals surface area contributed by atoms with Crippen LogP contribution in [-0.4, -0.2) is 29.8 Å². The van der Waals surface area contributed by atoms with Crippen LogP contribution in [0.3, 0.4) is 0 Å². The summed E-state index contributed by atoms with van der Waals surface area (Å²) in [6, 6.07) is 5.10. The molecule has 1 aromatic carbocycles. The van der Waals surface area contributed by atoms with Gasteiger partial charge in [0.25, 0.3) is 0 Å². The van der Waals surface area contributed by atoms with Crippen molar-refractivity contribution in [2.24, 2.45) is 0 Å². The zero-order chi connectivity index (χ0) is 17.3. The van der Waals surface area contributed by atoms with E-state index in [0.717, 1.165) is 5.56 Å². The van der Waals surface area contributed by atoms with E-state index < -0.39 is 17.4 Å². The van der Waals surface area contributed by atoms with E-state index >= 15 is 0 Å². The molecule has 0 fully saturated rings. The molecule has 2 rings (SSSR count). The Morgan fingerprint density at radius 3 is 2.65 bits per heavy atom. The molecule has 6 nitrogen and oxygen atoms in total. The molecule has 23 heavy (non-hydrogen) atoms. The van der Waals surface area contributed by atoms with Crippen molar-refractivity contribution in [3.05, 3.63) is 29.3 Å². The van der Waals surface area contributed by atoms with Crippen LogP contribution >= 0.6 is 0 Å². The fraction of sp³-hybridized carbons (Fsp3) is 0.529. The van der Waals surface area contributed by atoms with Gasteiger partial charge >= 0.3 is 6.09 Å². The summed E-state index contributed by atoms with van der Waals surface area (Å²) in [5.74, 6) is -0.252. The van der Waals surface area contributed by atoms with Gasteiger partial charge in [-0.05, 0) is 39.0 Å². The van der Waals surface area contributed by atoms with E-state index in [9.17, 15) is 9.59 Å². The first-order chi connectivity index (χ1) is 10.6. The number of hydrogen-bond donors (Lipinski definition) is 1. The van der Waals surface area contributed by atoms with E-state index in [1.807, 2.05) is 34.6 Å². The number of fused-ring (bicyclic) bond motifs is 1. The van der Waals surface area contributed by atoms with Crippen LogP contribution in [-0.2, 0) is 16.1 Å². The van der Waals surface area contributed by atoms with Crippen LogP contribution in [0.5, 0.6) is 5.75 Å². The number of ether oxygens (including phenoxy) is 3. The fourth-order valence-electron chi connectivity index (χ4n) is 2.07. The molecule has 126 valence electrons. The molecule has 0 aliphatic carbocycles. The van der Waals surface area contributed by atoms with Gasteiger partial charge in [-0.2, -0.15) is 0 Å². The second-order valence-corrected chi connectivity index (χ2v) is 6.99. The molecular formula is C17H23NO5. The lowest BCUT2D eigenvalue weighted by Gasteiger charge is -2.32. The van der Waals surface area contributed by atoms with Crippen LogP contribution in [0.2, 0.25) is 0 Å². The topological polar surface area (TPSA) is 73.9 Å². The Morgan fingerprint density at radius 1 is 1.30 bits per heavy atom. The number of rotatable bonds is 3. The maximum absolute atomic E-state index is 12.1. The van der Waals surface area contributed by atoms with E-state index in [1.54, 1.807) is 18.2 Å². The second kappa shape index (κ2) is 6.20. The molecule has 1 aliphatic heterocycles. The van der Waals surface area contributed by atoms with Gasteiger partial charge in [0.2, 0.25) is 5.79 Å². The third-order valence-electron chi connectivity index (χ3n) is 3.12. The van der Waals surface area contributed by atoms with E-state index in [0.29, 0.717) is 17.9 Å². The Morgan fingerprint density at radius 2 is 2.00 bits per heavy atom. The minimum Gasteiger partial charge on any atom is -0.463 e. The average Bonchev–Trinajstić information content (AvgIpc) is 2.41. The van der Waals surface area contributed by atoms with Gasteiger partial charge in [-0.3, -0.25) is 4.79 Å². The Kier molecular flexibility index (Phi) is 4.66. The first-order valence-electron chi connectivity index (χ1n) is 7.50. The molecule has 1 N–H and O–H groups in total. The summed E-state index contributed by atoms with van der Waals surface area (Å²) in [4.78, 5) is 23.7. The number of ketones is 1. The smallest absolute Gasteiger partial charge is 0.407 e. The molecule has 6 heteroatoms. The molecule has 0 bridgehead atoms. The van der Waals surface area contributed by atoms with Gasteiger partial charge in [-0.25, -0.2) is 4.79 Å². The van der Waals surface area contributed by atoms with Crippen molar-refractivity contribution < 1.29 is 23.8 Å². The van der Waals surface area contributed by atoms with Gasteiger partial charge < -0.3 is 19.5 Å². The largest absolute Gasteiger partial charge is 0.463 e. The van der Waals surface area contributed by atoms with Crippen LogP contribution < -0.4 is 10.1 Å². The van der Waals surface area contributed by atoms with Crippen molar-refractivity contribution in [1.82, 2.24) is 5.32 Å². The standard InChI is InChI=1S/C17H23NO5/c1-16(2,3)18-15(20)21-10-13(19)11-6-7-14-12(8-11)9-22-17(4,5)23-14/h6-8H,9-10H2,1-5H3,(H,18,20). The predicted molar refractivity (Wildman–Crippen MR) is 84.5 cm³/mol. The SMILES string of the molecule is CC(C)(C)NC(=O)OCC(=O)c1ccc2c(c1)COC(C)(C)O2. The zero-order valence-corrected chi connectivity index (χ0v) is 14.2. The Labute approximate surface area is 136 Å². The Balaban J connectivity index is 1.97. The minimum absolute atomic E-state index is 0.276. The summed E-state index contributed by atoms with van der Waals surface area (Å²) in [5, 5.41) is 2.63. The summed E-state index contributed by atoms with van der Waals surface area (Å²) < 4.78 is 16.2. The maximum atomic E-state index is 12.1. The van der Waals surface area contributed by atoms with Crippen LogP contribution in [0, 0.1) is 0 Å². The summed E-state index contributed by atoms with van der Waals surface area (Å²) in [6.45, 7) is 9.22. The Bertz CT molecular complexity index is 616. The number of carbonyl (C=O) groups is 2. The maximum Gasteiger partial charge on any atom is 0.407 e. The van der Waals surface area contributed by atoms with Crippen molar-refractivity contribution in [2.45, 2.75) is 52.6 Å². The number of hydrogen-bond acceptors (Lipinski definition) is 5. The highest BCUT2D eigenvalue weighted by Crippen LogP contribution is 2.31. The molecular weight excluding hydrogens is 298 g/mol. The van der Waals surface area contributed by atoms with E-state index in [1.165, 1.54) is 0 Å². The first kappa shape index (κ1) is 17.3. The third kappa shape index (κ3) is 4.96. The highest BCUT2D eigenvalue weighted by atomic mass is 16.7. The van der Waals surface area contributed by atoms with Gasteiger partial charge in [0, 0.05) is 30.5 Å². The second-order valence-electron chi connectivity index (χ2n) is 6.99. The molecule has 0 atom stereocenters. The minimum atomic E-state index is -0.674. The van der Waals surface area contributed by atoms with Crippen molar-refractivity contribution >= 4 is 11.9 Å². The van der Waals surface area contributed by atoms with E-state index in [2.05, 4.69) is 5.32 Å². The van der Waals surface area contributed by atoms with E-state index in [4.69, 9.17) is 14.2 Å². The first-order valence-corrected chi connectivity index (χ1v) is 7.50. The molecule has 0 aromatic heterocycles. The predicted octanol–water partition coefficient (Wildman–Crippen LogP) is 3.04. The molecule has 1 amide bonds. The molecule has 0 saturated carbocycles. The van der Waals surface area contributed by atoms with Crippen LogP contribution in [0.25, 0.3) is 0 Å². The van der Waals surface area contributed by atoms with Gasteiger partial charge in [-0.1, -0.05) is 0 Å². The van der Waals surface area contributed by atoms with Gasteiger partial charge in [-0.15, -0.1) is 0 Å². The normalized spacial score (nSPS) is 16.0. The molecule has 0 unspecified atom stereocenters. The quantitative estimate of drug-likeness (QED) is 0.866. The fourth-order valence-corrected chi connectivity index (χ4v) is 2.07. The molecule has 1 heterocycles. The van der Waals surface area contributed by atoms with Crippen molar-refractivity contribution in [1.29, 1.82) is 0 Å². The number of alkyl carbamates (subject to hydrolysis) is 1. The molecule has 1 aliphatic rings. The van der Waals surface area contributed by atoms with Crippen molar-refractivity contribution in [3.63, 3.8) is 0 Å².